The van der Waals surface area contributed by atoms with Gasteiger partial charge in [0.15, 0.2) is 34.4 Å². The minimum absolute atomic E-state index is 0.472. The number of benzene rings is 4. The van der Waals surface area contributed by atoms with Crippen molar-refractivity contribution in [1.82, 2.24) is 38.7 Å². The highest BCUT2D eigenvalue weighted by molar-refractivity contribution is 5.85. The fraction of sp³-hybridized carbons (Fsp3) is 0.273. The van der Waals surface area contributed by atoms with E-state index >= 15 is 0 Å². The number of hydrogen-bond donors (Lipinski definition) is 0. The smallest absolute Gasteiger partial charge is 0.203 e. The van der Waals surface area contributed by atoms with Crippen LogP contribution in [-0.4, -0.2) is 38.7 Å². The molecule has 12 heteroatoms. The van der Waals surface area contributed by atoms with Gasteiger partial charge in [-0.2, -0.15) is 0 Å². The molecule has 0 saturated heterocycles. The van der Waals surface area contributed by atoms with Crippen molar-refractivity contribution in [2.24, 2.45) is 28.2 Å². The van der Waals surface area contributed by atoms with Crippen molar-refractivity contribution < 1.29 is 18.7 Å². The third-order valence-corrected chi connectivity index (χ3v) is 16.7. The zero-order valence-corrected chi connectivity index (χ0v) is 55.7. The quantitative estimate of drug-likeness (QED) is 0.121. The summed E-state index contributed by atoms with van der Waals surface area (Å²) in [6.45, 7) is 30.5. The van der Waals surface area contributed by atoms with Gasteiger partial charge in [0.2, 0.25) is 18.6 Å². The maximum absolute atomic E-state index is 4.70. The van der Waals surface area contributed by atoms with Gasteiger partial charge in [-0.25, -0.2) is 0 Å². The standard InChI is InChI=1S/C23H22N3.C22H28N3.C18H20N3.C14H20N3/c1-17-12-13-24-14-22(17)26-16-20(15-25(26)3)23-18(2)8-7-11-21(23)19-9-5-4-6-10-19;1-15(2)19-8-7-9-20(16(3)4)22(19)18-13-24(6)25(14-18)21-12-23-11-10-17(21)5;1-13-8-9-19-10-17(13)21-12-16(11-20(21)4)18-14(2)6-5-7-15(18)3;1-10(2)13-9-11(3)14(12(4)15-13)17-8-6-7-16(17)5/h4-16H,1-3H3;7-16H,1-6H3;5-12H,1-4H3;6-10H,1-5H3/q4*+1. The second kappa shape index (κ2) is 28.0. The van der Waals surface area contributed by atoms with Gasteiger partial charge in [0, 0.05) is 35.9 Å². The van der Waals surface area contributed by atoms with Crippen molar-refractivity contribution in [3.63, 3.8) is 0 Å². The molecule has 12 nitrogen and oxygen atoms in total. The van der Waals surface area contributed by atoms with Gasteiger partial charge in [-0.05, 0) is 170 Å². The molecule has 89 heavy (non-hydrogen) atoms. The molecule has 0 fully saturated rings. The van der Waals surface area contributed by atoms with Gasteiger partial charge >= 0.3 is 0 Å². The molecule has 0 aliphatic carbocycles. The van der Waals surface area contributed by atoms with Gasteiger partial charge < -0.3 is 0 Å². The van der Waals surface area contributed by atoms with E-state index in [-0.39, 0.29) is 0 Å². The van der Waals surface area contributed by atoms with Crippen molar-refractivity contribution >= 4 is 0 Å². The average Bonchev–Trinajstić information content (AvgIpc) is 2.12. The maximum Gasteiger partial charge on any atom is 0.203 e. The van der Waals surface area contributed by atoms with E-state index in [4.69, 9.17) is 4.98 Å². The monoisotopic (exact) mass is 1180 g/mol. The Morgan fingerprint density at radius 3 is 1.21 bits per heavy atom. The van der Waals surface area contributed by atoms with Crippen molar-refractivity contribution in [2.75, 3.05) is 0 Å². The Kier molecular flexibility index (Phi) is 20.1. The van der Waals surface area contributed by atoms with Gasteiger partial charge in [-0.3, -0.25) is 19.9 Å². The fourth-order valence-corrected chi connectivity index (χ4v) is 12.0. The molecule has 8 heterocycles. The first kappa shape index (κ1) is 63.8. The molecular weight excluding hydrogens is 1090 g/mol. The Balaban J connectivity index is 0.000000143. The molecule has 0 aliphatic heterocycles. The minimum atomic E-state index is 0.472. The van der Waals surface area contributed by atoms with Gasteiger partial charge in [0.05, 0.1) is 65.8 Å². The number of pyridine rings is 4. The lowest BCUT2D eigenvalue weighted by atomic mass is 9.86. The summed E-state index contributed by atoms with van der Waals surface area (Å²) in [7, 11) is 8.25. The minimum Gasteiger partial charge on any atom is -0.262 e. The zero-order valence-electron chi connectivity index (χ0n) is 55.7. The summed E-state index contributed by atoms with van der Waals surface area (Å²) in [4.78, 5) is 17.5. The van der Waals surface area contributed by atoms with E-state index in [0.717, 1.165) is 22.8 Å². The zero-order chi connectivity index (χ0) is 63.8. The van der Waals surface area contributed by atoms with E-state index in [0.29, 0.717) is 17.8 Å². The van der Waals surface area contributed by atoms with Crippen LogP contribution in [0.3, 0.4) is 0 Å². The lowest BCUT2D eigenvalue weighted by Crippen LogP contribution is -2.37. The molecule has 0 bridgehead atoms. The van der Waals surface area contributed by atoms with Gasteiger partial charge in [-0.1, -0.05) is 126 Å². The van der Waals surface area contributed by atoms with Crippen LogP contribution in [0.25, 0.3) is 67.3 Å². The molecule has 12 aromatic rings. The summed E-state index contributed by atoms with van der Waals surface area (Å²) in [6.07, 6.45) is 28.5. The van der Waals surface area contributed by atoms with Crippen LogP contribution >= 0.6 is 0 Å². The Bertz CT molecular complexity index is 4330. The van der Waals surface area contributed by atoms with Gasteiger partial charge in [0.25, 0.3) is 0 Å². The molecule has 454 valence electrons. The summed E-state index contributed by atoms with van der Waals surface area (Å²) in [5, 5.41) is 0. The molecule has 0 amide bonds. The summed E-state index contributed by atoms with van der Waals surface area (Å²) in [5.74, 6) is 1.45. The molecule has 0 radical (unpaired) electrons. The van der Waals surface area contributed by atoms with Crippen LogP contribution in [0.2, 0.25) is 0 Å². The van der Waals surface area contributed by atoms with Crippen molar-refractivity contribution in [1.29, 1.82) is 0 Å². The summed E-state index contributed by atoms with van der Waals surface area (Å²) in [6, 6.07) is 40.6. The van der Waals surface area contributed by atoms with Crippen molar-refractivity contribution in [3.05, 3.63) is 263 Å². The molecule has 0 saturated carbocycles. The van der Waals surface area contributed by atoms with E-state index in [2.05, 4.69) is 311 Å². The molecular formula is C77H90N12+4. The lowest BCUT2D eigenvalue weighted by Gasteiger charge is -2.17. The van der Waals surface area contributed by atoms with E-state index < -0.39 is 0 Å². The van der Waals surface area contributed by atoms with Crippen LogP contribution in [0.1, 0.15) is 121 Å². The van der Waals surface area contributed by atoms with Crippen molar-refractivity contribution in [3.8, 4) is 67.3 Å². The molecule has 0 unspecified atom stereocenters. The first-order valence-electron chi connectivity index (χ1n) is 31.0. The second-order valence-corrected chi connectivity index (χ2v) is 24.5. The largest absolute Gasteiger partial charge is 0.262 e. The van der Waals surface area contributed by atoms with E-state index in [1.54, 1.807) is 0 Å². The summed E-state index contributed by atoms with van der Waals surface area (Å²) in [5.41, 5.74) is 28.5. The Labute approximate surface area is 528 Å². The predicted molar refractivity (Wildman–Crippen MR) is 361 cm³/mol. The highest BCUT2D eigenvalue weighted by Gasteiger charge is 2.24. The molecule has 0 N–H and O–H groups in total. The summed E-state index contributed by atoms with van der Waals surface area (Å²) < 4.78 is 17.0. The number of aryl methyl sites for hydroxylation is 12. The highest BCUT2D eigenvalue weighted by atomic mass is 15.4. The van der Waals surface area contributed by atoms with E-state index in [1.807, 2.05) is 68.6 Å². The number of rotatable bonds is 11. The Hall–Kier alpha value is -9.68. The van der Waals surface area contributed by atoms with Crippen LogP contribution in [0, 0.1) is 55.4 Å². The van der Waals surface area contributed by atoms with Crippen LogP contribution < -0.4 is 18.7 Å². The van der Waals surface area contributed by atoms with E-state index in [1.165, 1.54) is 106 Å². The van der Waals surface area contributed by atoms with Gasteiger partial charge in [-0.15, -0.1) is 37.5 Å². The van der Waals surface area contributed by atoms with Gasteiger partial charge in [0.1, 0.15) is 22.7 Å². The first-order chi connectivity index (χ1) is 42.6. The van der Waals surface area contributed by atoms with Crippen LogP contribution in [0.4, 0.5) is 0 Å². The first-order valence-corrected chi connectivity index (χ1v) is 31.0. The third kappa shape index (κ3) is 14.2. The number of hydrogen-bond acceptors (Lipinski definition) is 4. The second-order valence-electron chi connectivity index (χ2n) is 24.5. The van der Waals surface area contributed by atoms with Crippen molar-refractivity contribution in [2.45, 2.75) is 115 Å². The molecule has 4 aromatic carbocycles. The fourth-order valence-electron chi connectivity index (χ4n) is 12.0. The topological polar surface area (TPSA) is 86.8 Å². The predicted octanol–water partition coefficient (Wildman–Crippen LogP) is 15.3. The number of aromatic nitrogens is 12. The van der Waals surface area contributed by atoms with Crippen LogP contribution in [0.5, 0.6) is 0 Å². The average molecular weight is 1180 g/mol. The van der Waals surface area contributed by atoms with E-state index in [9.17, 15) is 0 Å². The normalized spacial score (nSPS) is 11.1. The Morgan fingerprint density at radius 2 is 0.798 bits per heavy atom. The third-order valence-electron chi connectivity index (χ3n) is 16.7. The SMILES string of the molecule is Cc1cc(C(C)C)nc(C)c1-n1ccc[n+]1C.Cc1ccncc1-n1cc(-c2c(C(C)C)cccc2C(C)C)c[n+]1C.Cc1ccncc1-n1cc(-c2c(C)cccc2-c2ccccc2)c[n+]1C.Cc1ccncc1-n1cc(-c2c(C)cccc2C)c[n+]1C. The van der Waals surface area contributed by atoms with Crippen LogP contribution in [-0.2, 0) is 28.2 Å². The molecule has 0 atom stereocenters. The lowest BCUT2D eigenvalue weighted by molar-refractivity contribution is -0.744. The highest BCUT2D eigenvalue weighted by Crippen LogP contribution is 2.37. The summed E-state index contributed by atoms with van der Waals surface area (Å²) >= 11 is 0. The molecule has 12 rings (SSSR count). The number of nitrogens with zero attached hydrogens (tertiary/aromatic N) is 12. The Morgan fingerprint density at radius 1 is 0.371 bits per heavy atom. The molecule has 0 spiro atoms. The molecule has 0 aliphatic rings. The maximum atomic E-state index is 4.70. The molecule has 8 aromatic heterocycles. The van der Waals surface area contributed by atoms with Crippen LogP contribution in [0.15, 0.2) is 202 Å².